The number of imide groups is 1. The molecule has 0 unspecified atom stereocenters. The minimum absolute atomic E-state index is 0.0223. The van der Waals surface area contributed by atoms with E-state index in [2.05, 4.69) is 134 Å². The minimum atomic E-state index is -0.265. The van der Waals surface area contributed by atoms with Crippen molar-refractivity contribution in [2.45, 2.75) is 125 Å². The van der Waals surface area contributed by atoms with Gasteiger partial charge in [-0.15, -0.1) is 19.3 Å². The summed E-state index contributed by atoms with van der Waals surface area (Å²) in [5.41, 5.74) is 10.0. The largest absolute Gasteiger partial charge is 0.377 e. The van der Waals surface area contributed by atoms with Gasteiger partial charge in [0.1, 0.15) is 0 Å². The second kappa shape index (κ2) is 32.8. The maximum Gasteiger partial charge on any atom is 0.261 e. The first-order valence-corrected chi connectivity index (χ1v) is 27.7. The van der Waals surface area contributed by atoms with Gasteiger partial charge in [-0.25, -0.2) is 0 Å². The molecule has 6 aromatic rings. The SMILES string of the molecule is C#Cc1ccc(C(=O)N(C)CCOC(C)C)cc1.C#Cc1ccc(CN(Cc2ccc(C#C)cc2)Cc2ccc(COC(C)C)cc2)cc1.CC(C)(C)OCCN1C(=O)c2ccccc2C1=O.CC(C)(C)OCc1ccc(Br)cc1. The van der Waals surface area contributed by atoms with Crippen LogP contribution in [0.2, 0.25) is 0 Å². The number of carbonyl (C=O) groups is 3. The molecule has 0 spiro atoms. The zero-order chi connectivity index (χ0) is 58.8. The van der Waals surface area contributed by atoms with E-state index in [1.807, 2.05) is 71.0 Å². The number of hydrogen-bond acceptors (Lipinski definition) is 8. The number of halogens is 1. The van der Waals surface area contributed by atoms with Gasteiger partial charge in [0.15, 0.2) is 0 Å². The summed E-state index contributed by atoms with van der Waals surface area (Å²) in [4.78, 5) is 41.4. The fourth-order valence-electron chi connectivity index (χ4n) is 7.58. The third kappa shape index (κ3) is 24.1. The van der Waals surface area contributed by atoms with Gasteiger partial charge in [-0.2, -0.15) is 0 Å². The number of nitrogens with zero attached hydrogens (tertiary/aromatic N) is 3. The van der Waals surface area contributed by atoms with E-state index in [1.165, 1.54) is 32.7 Å². The molecule has 0 fully saturated rings. The molecular formula is C69H80BrN3O7. The molecule has 6 aromatic carbocycles. The van der Waals surface area contributed by atoms with Gasteiger partial charge in [-0.3, -0.25) is 24.2 Å². The van der Waals surface area contributed by atoms with Gasteiger partial charge in [0.2, 0.25) is 0 Å². The molecule has 7 rings (SSSR count). The van der Waals surface area contributed by atoms with Gasteiger partial charge >= 0.3 is 0 Å². The number of rotatable bonds is 19. The Labute approximate surface area is 486 Å². The summed E-state index contributed by atoms with van der Waals surface area (Å²) in [5.74, 6) is 7.41. The first-order chi connectivity index (χ1) is 38.0. The number of fused-ring (bicyclic) bond motifs is 1. The summed E-state index contributed by atoms with van der Waals surface area (Å²) in [7, 11) is 1.76. The van der Waals surface area contributed by atoms with Crippen LogP contribution in [0.15, 0.2) is 150 Å². The Balaban J connectivity index is 0.000000243. The predicted octanol–water partition coefficient (Wildman–Crippen LogP) is 13.8. The summed E-state index contributed by atoms with van der Waals surface area (Å²) in [6.45, 7) is 25.7. The molecule has 0 radical (unpaired) electrons. The Morgan fingerprint density at radius 2 is 0.925 bits per heavy atom. The van der Waals surface area contributed by atoms with E-state index in [0.717, 1.165) is 40.8 Å². The van der Waals surface area contributed by atoms with E-state index in [0.29, 0.717) is 56.2 Å². The molecule has 80 heavy (non-hydrogen) atoms. The van der Waals surface area contributed by atoms with E-state index in [4.69, 9.17) is 38.2 Å². The fourth-order valence-corrected chi connectivity index (χ4v) is 7.85. The smallest absolute Gasteiger partial charge is 0.261 e. The molecule has 0 aliphatic carbocycles. The van der Waals surface area contributed by atoms with Crippen LogP contribution in [0.4, 0.5) is 0 Å². The van der Waals surface area contributed by atoms with Crippen LogP contribution in [-0.2, 0) is 51.8 Å². The normalized spacial score (nSPS) is 11.8. The van der Waals surface area contributed by atoms with Crippen molar-refractivity contribution in [3.05, 3.63) is 211 Å². The van der Waals surface area contributed by atoms with Gasteiger partial charge in [-0.05, 0) is 170 Å². The Bertz CT molecular complexity index is 2890. The quantitative estimate of drug-likeness (QED) is 0.0584. The second-order valence-corrected chi connectivity index (χ2v) is 22.6. The lowest BCUT2D eigenvalue weighted by Gasteiger charge is -2.23. The maximum atomic E-state index is 12.0. The van der Waals surface area contributed by atoms with Gasteiger partial charge in [0, 0.05) is 60.0 Å². The van der Waals surface area contributed by atoms with Crippen molar-refractivity contribution >= 4 is 33.7 Å². The van der Waals surface area contributed by atoms with Crippen molar-refractivity contribution < 1.29 is 33.3 Å². The van der Waals surface area contributed by atoms with E-state index in [9.17, 15) is 14.4 Å². The molecule has 0 saturated heterocycles. The molecule has 0 atom stereocenters. The van der Waals surface area contributed by atoms with Crippen LogP contribution in [-0.4, -0.2) is 89.2 Å². The average molecular weight is 1140 g/mol. The molecule has 0 aromatic heterocycles. The minimum Gasteiger partial charge on any atom is -0.377 e. The Kier molecular flexibility index (Phi) is 26.8. The van der Waals surface area contributed by atoms with Crippen LogP contribution >= 0.6 is 15.9 Å². The molecule has 3 amide bonds. The second-order valence-electron chi connectivity index (χ2n) is 21.7. The highest BCUT2D eigenvalue weighted by atomic mass is 79.9. The summed E-state index contributed by atoms with van der Waals surface area (Å²) < 4.78 is 23.4. The highest BCUT2D eigenvalue weighted by molar-refractivity contribution is 9.10. The first kappa shape index (κ1) is 65.4. The molecule has 0 N–H and O–H groups in total. The van der Waals surface area contributed by atoms with Crippen LogP contribution in [0.1, 0.15) is 145 Å². The lowest BCUT2D eigenvalue weighted by molar-refractivity contribution is -0.0149. The summed E-state index contributed by atoms with van der Waals surface area (Å²) in [6.07, 6.45) is 16.7. The zero-order valence-corrected chi connectivity index (χ0v) is 50.3. The van der Waals surface area contributed by atoms with Gasteiger partial charge < -0.3 is 23.8 Å². The van der Waals surface area contributed by atoms with Crippen LogP contribution in [0, 0.1) is 37.0 Å². The molecule has 1 aliphatic rings. The fraction of sp³-hybridized carbons (Fsp3) is 0.348. The topological polar surface area (TPSA) is 97.9 Å². The lowest BCUT2D eigenvalue weighted by Crippen LogP contribution is -2.35. The van der Waals surface area contributed by atoms with Crippen molar-refractivity contribution in [3.63, 3.8) is 0 Å². The molecule has 11 heteroatoms. The zero-order valence-electron chi connectivity index (χ0n) is 48.7. The highest BCUT2D eigenvalue weighted by Gasteiger charge is 2.35. The standard InChI is InChI=1S/C29H29NO.C15H19NO2.C14H17NO3.C11H15BrO/c1-5-24-7-11-26(12-8-24)19-30(20-27-13-9-25(6-2)10-14-27)21-28-15-17-29(18-16-28)22-31-23(3)4;1-5-13-6-8-14(9-7-13)15(17)16(4)10-11-18-12(2)3;1-14(2,3)18-9-8-15-12(16)10-6-4-5-7-11(10)13(15)17;1-11(2,3)13-8-9-4-6-10(12)7-5-9/h1-2,7-18,23H,19-22H2,3-4H3;1,6-9,12H,10-11H2,2-4H3;4-7H,8-9H2,1-3H3;4-7H,8H2,1-3H3. The number of terminal acetylenes is 3. The highest BCUT2D eigenvalue weighted by Crippen LogP contribution is 2.23. The van der Waals surface area contributed by atoms with E-state index < -0.39 is 0 Å². The lowest BCUT2D eigenvalue weighted by atomic mass is 10.1. The average Bonchev–Trinajstić information content (AvgIpc) is 3.72. The summed E-state index contributed by atoms with van der Waals surface area (Å²) >= 11 is 3.40. The predicted molar refractivity (Wildman–Crippen MR) is 327 cm³/mol. The molecule has 420 valence electrons. The number of benzene rings is 6. The third-order valence-electron chi connectivity index (χ3n) is 11.9. The van der Waals surface area contributed by atoms with Crippen molar-refractivity contribution in [3.8, 4) is 37.0 Å². The Hall–Kier alpha value is -7.11. The molecule has 10 nitrogen and oxygen atoms in total. The monoisotopic (exact) mass is 1140 g/mol. The molecular weight excluding hydrogens is 1060 g/mol. The van der Waals surface area contributed by atoms with Crippen LogP contribution < -0.4 is 0 Å². The summed E-state index contributed by atoms with van der Waals surface area (Å²) in [6, 6.07) is 47.2. The number of ether oxygens (including phenoxy) is 4. The van der Waals surface area contributed by atoms with Gasteiger partial charge in [0.25, 0.3) is 17.7 Å². The third-order valence-corrected chi connectivity index (χ3v) is 12.4. The molecule has 0 saturated carbocycles. The van der Waals surface area contributed by atoms with Crippen molar-refractivity contribution in [1.82, 2.24) is 14.7 Å². The number of likely N-dealkylation sites (N-methyl/N-ethyl adjacent to an activating group) is 1. The Morgan fingerprint density at radius 3 is 1.34 bits per heavy atom. The van der Waals surface area contributed by atoms with Crippen LogP contribution in [0.5, 0.6) is 0 Å². The molecule has 1 heterocycles. The number of amides is 3. The maximum absolute atomic E-state index is 12.0. The summed E-state index contributed by atoms with van der Waals surface area (Å²) in [5, 5.41) is 0. The van der Waals surface area contributed by atoms with Crippen molar-refractivity contribution in [2.75, 3.05) is 33.4 Å². The molecule has 0 bridgehead atoms. The van der Waals surface area contributed by atoms with E-state index >= 15 is 0 Å². The first-order valence-electron chi connectivity index (χ1n) is 26.9. The van der Waals surface area contributed by atoms with Crippen molar-refractivity contribution in [1.29, 1.82) is 0 Å². The van der Waals surface area contributed by atoms with Crippen LogP contribution in [0.3, 0.4) is 0 Å². The van der Waals surface area contributed by atoms with Crippen LogP contribution in [0.25, 0.3) is 0 Å². The van der Waals surface area contributed by atoms with Gasteiger partial charge in [0.05, 0.1) is 67.5 Å². The van der Waals surface area contributed by atoms with E-state index in [1.54, 1.807) is 60.5 Å². The Morgan fingerprint density at radius 1 is 0.537 bits per heavy atom. The number of carbonyl (C=O) groups excluding carboxylic acids is 3. The van der Waals surface area contributed by atoms with E-state index in [-0.39, 0.29) is 41.1 Å². The van der Waals surface area contributed by atoms with Gasteiger partial charge in [-0.1, -0.05) is 106 Å². The van der Waals surface area contributed by atoms with Crippen molar-refractivity contribution in [2.24, 2.45) is 0 Å². The number of hydrogen-bond donors (Lipinski definition) is 0. The molecule has 1 aliphatic heterocycles.